The van der Waals surface area contributed by atoms with Gasteiger partial charge in [-0.3, -0.25) is 9.59 Å². The van der Waals surface area contributed by atoms with Crippen LogP contribution in [0.25, 0.3) is 0 Å². The van der Waals surface area contributed by atoms with Crippen molar-refractivity contribution in [2.75, 3.05) is 6.61 Å². The van der Waals surface area contributed by atoms with Gasteiger partial charge in [-0.15, -0.1) is 0 Å². The van der Waals surface area contributed by atoms with Crippen LogP contribution in [0.3, 0.4) is 0 Å². The second kappa shape index (κ2) is 10.8. The number of nitrogens with zero attached hydrogens (tertiary/aromatic N) is 1. The molecule has 1 aromatic rings. The maximum Gasteiger partial charge on any atom is 0.286 e. The van der Waals surface area contributed by atoms with Crippen LogP contribution < -0.4 is 22.1 Å². The van der Waals surface area contributed by atoms with E-state index in [1.807, 2.05) is 31.2 Å². The zero-order valence-corrected chi connectivity index (χ0v) is 17.4. The van der Waals surface area contributed by atoms with Crippen LogP contribution in [0, 0.1) is 6.92 Å². The van der Waals surface area contributed by atoms with Crippen molar-refractivity contribution in [3.8, 4) is 0 Å². The number of benzene rings is 1. The largest absolute Gasteiger partial charge is 0.480 e. The second-order valence-corrected chi connectivity index (χ2v) is 7.23. The molecule has 11 nitrogen and oxygen atoms in total. The molecule has 170 valence electrons. The van der Waals surface area contributed by atoms with E-state index in [0.717, 1.165) is 11.1 Å². The van der Waals surface area contributed by atoms with Crippen LogP contribution in [0.2, 0.25) is 0 Å². The third-order valence-corrected chi connectivity index (χ3v) is 4.82. The summed E-state index contributed by atoms with van der Waals surface area (Å²) in [5.74, 6) is -1.58. The minimum absolute atomic E-state index is 0.195. The molecule has 1 aliphatic heterocycles. The van der Waals surface area contributed by atoms with Crippen LogP contribution in [-0.2, 0) is 20.9 Å². The SMILES string of the molecule is CC(=O)N[C@H]1[C@H]([C@H](O)[C@H](O)CO)OC(C(=O)NCc2ccccc2C)=C[C@@H]1N=C(N)N. The molecule has 0 aromatic heterocycles. The van der Waals surface area contributed by atoms with E-state index in [2.05, 4.69) is 15.6 Å². The molecule has 5 atom stereocenters. The number of aliphatic imine (C=N–C) groups is 1. The molecule has 0 bridgehead atoms. The highest BCUT2D eigenvalue weighted by Crippen LogP contribution is 2.25. The molecule has 0 saturated heterocycles. The predicted molar refractivity (Wildman–Crippen MR) is 112 cm³/mol. The summed E-state index contributed by atoms with van der Waals surface area (Å²) in [5, 5.41) is 34.9. The molecule has 1 aromatic carbocycles. The van der Waals surface area contributed by atoms with Gasteiger partial charge in [-0.05, 0) is 24.1 Å². The Hall–Kier alpha value is -3.15. The van der Waals surface area contributed by atoms with Gasteiger partial charge in [-0.2, -0.15) is 0 Å². The number of carbonyl (C=O) groups is 2. The molecule has 31 heavy (non-hydrogen) atoms. The van der Waals surface area contributed by atoms with Gasteiger partial charge >= 0.3 is 0 Å². The Balaban J connectivity index is 2.33. The van der Waals surface area contributed by atoms with Crippen molar-refractivity contribution in [1.29, 1.82) is 0 Å². The molecule has 2 rings (SSSR count). The summed E-state index contributed by atoms with van der Waals surface area (Å²) in [4.78, 5) is 28.5. The number of hydrogen-bond donors (Lipinski definition) is 7. The first kappa shape index (κ1) is 24.1. The first-order chi connectivity index (χ1) is 14.6. The molecule has 0 aliphatic carbocycles. The molecule has 0 spiro atoms. The number of aryl methyl sites for hydroxylation is 1. The van der Waals surface area contributed by atoms with Crippen LogP contribution in [0.15, 0.2) is 41.1 Å². The van der Waals surface area contributed by atoms with E-state index < -0.39 is 48.8 Å². The highest BCUT2D eigenvalue weighted by atomic mass is 16.5. The first-order valence-corrected chi connectivity index (χ1v) is 9.68. The number of guanidine groups is 1. The summed E-state index contributed by atoms with van der Waals surface area (Å²) in [6.07, 6.45) is -3.23. The van der Waals surface area contributed by atoms with Gasteiger partial charge in [0.05, 0.1) is 18.7 Å². The van der Waals surface area contributed by atoms with E-state index >= 15 is 0 Å². The zero-order valence-electron chi connectivity index (χ0n) is 17.4. The van der Waals surface area contributed by atoms with Crippen molar-refractivity contribution in [2.45, 2.75) is 50.8 Å². The highest BCUT2D eigenvalue weighted by Gasteiger charge is 2.43. The minimum atomic E-state index is -1.65. The molecule has 9 N–H and O–H groups in total. The van der Waals surface area contributed by atoms with E-state index in [4.69, 9.17) is 16.2 Å². The lowest BCUT2D eigenvalue weighted by molar-refractivity contribution is -0.134. The Kier molecular flexibility index (Phi) is 8.37. The van der Waals surface area contributed by atoms with Crippen molar-refractivity contribution >= 4 is 17.8 Å². The zero-order chi connectivity index (χ0) is 23.1. The van der Waals surface area contributed by atoms with E-state index in [-0.39, 0.29) is 18.3 Å². The Labute approximate surface area is 179 Å². The molecule has 1 heterocycles. The van der Waals surface area contributed by atoms with Crippen molar-refractivity contribution < 1.29 is 29.6 Å². The third-order valence-electron chi connectivity index (χ3n) is 4.82. The first-order valence-electron chi connectivity index (χ1n) is 9.68. The molecule has 0 radical (unpaired) electrons. The maximum atomic E-state index is 12.8. The fraction of sp³-hybridized carbons (Fsp3) is 0.450. The van der Waals surface area contributed by atoms with Crippen molar-refractivity contribution in [2.24, 2.45) is 16.5 Å². The summed E-state index contributed by atoms with van der Waals surface area (Å²) >= 11 is 0. The van der Waals surface area contributed by atoms with E-state index in [1.165, 1.54) is 13.0 Å². The van der Waals surface area contributed by atoms with E-state index in [0.29, 0.717) is 0 Å². The number of hydrogen-bond acceptors (Lipinski definition) is 7. The predicted octanol–water partition coefficient (Wildman–Crippen LogP) is -2.25. The van der Waals surface area contributed by atoms with Gasteiger partial charge in [0.2, 0.25) is 5.91 Å². The Morgan fingerprint density at radius 1 is 1.26 bits per heavy atom. The lowest BCUT2D eigenvalue weighted by atomic mass is 9.92. The maximum absolute atomic E-state index is 12.8. The third kappa shape index (κ3) is 6.41. The monoisotopic (exact) mass is 435 g/mol. The van der Waals surface area contributed by atoms with Gasteiger partial charge in [-0.1, -0.05) is 24.3 Å². The average molecular weight is 435 g/mol. The number of amides is 2. The number of rotatable bonds is 8. The molecular weight excluding hydrogens is 406 g/mol. The van der Waals surface area contributed by atoms with Crippen LogP contribution >= 0.6 is 0 Å². The summed E-state index contributed by atoms with van der Waals surface area (Å²) in [5.41, 5.74) is 12.9. The Morgan fingerprint density at radius 3 is 2.52 bits per heavy atom. The summed E-state index contributed by atoms with van der Waals surface area (Å²) in [6.45, 7) is 2.61. The smallest absolute Gasteiger partial charge is 0.286 e. The molecule has 0 fully saturated rings. The van der Waals surface area contributed by atoms with Gasteiger partial charge in [-0.25, -0.2) is 4.99 Å². The molecule has 0 unspecified atom stereocenters. The van der Waals surface area contributed by atoms with E-state index in [1.54, 1.807) is 0 Å². The molecule has 1 aliphatic rings. The number of nitrogens with one attached hydrogen (secondary N) is 2. The fourth-order valence-electron chi connectivity index (χ4n) is 3.21. The van der Waals surface area contributed by atoms with Crippen molar-refractivity contribution in [3.63, 3.8) is 0 Å². The molecular formula is C20H29N5O6. The van der Waals surface area contributed by atoms with Crippen LogP contribution in [0.4, 0.5) is 0 Å². The van der Waals surface area contributed by atoms with E-state index in [9.17, 15) is 24.9 Å². The summed E-state index contributed by atoms with van der Waals surface area (Å²) < 4.78 is 5.64. The van der Waals surface area contributed by atoms with Crippen LogP contribution in [0.5, 0.6) is 0 Å². The van der Waals surface area contributed by atoms with Crippen molar-refractivity contribution in [1.82, 2.24) is 10.6 Å². The van der Waals surface area contributed by atoms with Crippen LogP contribution in [0.1, 0.15) is 18.1 Å². The van der Waals surface area contributed by atoms with Gasteiger partial charge in [0.15, 0.2) is 11.7 Å². The topological polar surface area (TPSA) is 193 Å². The van der Waals surface area contributed by atoms with Gasteiger partial charge < -0.3 is 42.2 Å². The van der Waals surface area contributed by atoms with Gasteiger partial charge in [0, 0.05) is 13.5 Å². The Morgan fingerprint density at radius 2 is 1.94 bits per heavy atom. The number of nitrogens with two attached hydrogens (primary N) is 2. The number of aliphatic hydroxyl groups excluding tert-OH is 3. The number of aliphatic hydroxyl groups is 3. The average Bonchev–Trinajstić information content (AvgIpc) is 2.72. The summed E-state index contributed by atoms with van der Waals surface area (Å²) in [6, 6.07) is 5.53. The molecule has 0 saturated carbocycles. The minimum Gasteiger partial charge on any atom is -0.480 e. The quantitative estimate of drug-likeness (QED) is 0.176. The van der Waals surface area contributed by atoms with Crippen LogP contribution in [-0.4, -0.2) is 70.1 Å². The summed E-state index contributed by atoms with van der Waals surface area (Å²) in [7, 11) is 0. The fourth-order valence-corrected chi connectivity index (χ4v) is 3.21. The second-order valence-electron chi connectivity index (χ2n) is 7.23. The van der Waals surface area contributed by atoms with Gasteiger partial charge in [0.25, 0.3) is 5.91 Å². The lowest BCUT2D eigenvalue weighted by Gasteiger charge is -2.39. The lowest BCUT2D eigenvalue weighted by Crippen LogP contribution is -2.60. The molecule has 2 amide bonds. The highest BCUT2D eigenvalue weighted by molar-refractivity contribution is 5.92. The standard InChI is InChI=1S/C20H29N5O6/c1-10-5-3-4-6-12(10)8-23-19(30)15-7-13(25-20(21)22)16(24-11(2)27)18(31-15)17(29)14(28)9-26/h3-7,13-14,16-18,26,28-29H,8-9H2,1-2H3,(H,23,30)(H,24,27)(H4,21,22,25)/t13-,14+,16+,17+,18+/m0/s1. The normalized spacial score (nSPS) is 22.4. The Bertz CT molecular complexity index is 854. The number of carbonyl (C=O) groups excluding carboxylic acids is 2. The van der Waals surface area contributed by atoms with Crippen molar-refractivity contribution in [3.05, 3.63) is 47.2 Å². The molecule has 11 heteroatoms. The number of ether oxygens (including phenoxy) is 1. The van der Waals surface area contributed by atoms with Gasteiger partial charge in [0.1, 0.15) is 18.3 Å².